The Morgan fingerprint density at radius 1 is 1.50 bits per heavy atom. The maximum absolute atomic E-state index is 12.8. The van der Waals surface area contributed by atoms with Gasteiger partial charge in [0.1, 0.15) is 5.82 Å². The van der Waals surface area contributed by atoms with E-state index >= 15 is 0 Å². The van der Waals surface area contributed by atoms with E-state index in [0.29, 0.717) is 28.4 Å². The van der Waals surface area contributed by atoms with Gasteiger partial charge in [-0.3, -0.25) is 0 Å². The lowest BCUT2D eigenvalue weighted by Gasteiger charge is -2.12. The van der Waals surface area contributed by atoms with E-state index in [1.165, 1.54) is 12.1 Å². The molecule has 0 aliphatic heterocycles. The van der Waals surface area contributed by atoms with Crippen LogP contribution in [-0.4, -0.2) is 6.61 Å². The first kappa shape index (κ1) is 11.3. The van der Waals surface area contributed by atoms with Gasteiger partial charge in [0, 0.05) is 6.07 Å². The second kappa shape index (κ2) is 4.64. The van der Waals surface area contributed by atoms with Crippen molar-refractivity contribution in [2.75, 3.05) is 12.3 Å². The molecule has 0 amide bonds. The van der Waals surface area contributed by atoms with Crippen LogP contribution in [0.5, 0.6) is 5.75 Å². The van der Waals surface area contributed by atoms with Crippen LogP contribution in [0.15, 0.2) is 16.6 Å². The molecule has 0 atom stereocenters. The lowest BCUT2D eigenvalue weighted by Crippen LogP contribution is -2.06. The van der Waals surface area contributed by atoms with Crippen LogP contribution in [-0.2, 0) is 0 Å². The molecule has 14 heavy (non-hydrogen) atoms. The average molecular weight is 262 g/mol. The Balaban J connectivity index is 2.86. The molecule has 0 radical (unpaired) electrons. The van der Waals surface area contributed by atoms with Crippen LogP contribution < -0.4 is 10.5 Å². The summed E-state index contributed by atoms with van der Waals surface area (Å²) in [6.07, 6.45) is 0. The SMILES string of the molecule is CC(C)COc1c(N)cc(F)cc1Br. The van der Waals surface area contributed by atoms with E-state index in [9.17, 15) is 4.39 Å². The minimum Gasteiger partial charge on any atom is -0.490 e. The molecular weight excluding hydrogens is 249 g/mol. The summed E-state index contributed by atoms with van der Waals surface area (Å²) in [5.41, 5.74) is 5.93. The molecule has 0 fully saturated rings. The Morgan fingerprint density at radius 3 is 2.64 bits per heavy atom. The largest absolute Gasteiger partial charge is 0.490 e. The van der Waals surface area contributed by atoms with Gasteiger partial charge in [-0.05, 0) is 27.9 Å². The summed E-state index contributed by atoms with van der Waals surface area (Å²) < 4.78 is 18.8. The smallest absolute Gasteiger partial charge is 0.156 e. The quantitative estimate of drug-likeness (QED) is 0.849. The van der Waals surface area contributed by atoms with Crippen molar-refractivity contribution >= 4 is 21.6 Å². The third-order valence-corrected chi connectivity index (χ3v) is 2.19. The standard InChI is InChI=1S/C10H13BrFNO/c1-6(2)5-14-10-8(11)3-7(12)4-9(10)13/h3-4,6H,5,13H2,1-2H3. The fraction of sp³-hybridized carbons (Fsp3) is 0.400. The van der Waals surface area contributed by atoms with E-state index in [4.69, 9.17) is 10.5 Å². The number of nitrogen functional groups attached to an aromatic ring is 1. The number of anilines is 1. The number of benzene rings is 1. The molecule has 78 valence electrons. The fourth-order valence-electron chi connectivity index (χ4n) is 0.983. The molecule has 0 spiro atoms. The molecule has 0 saturated carbocycles. The molecule has 4 heteroatoms. The molecule has 0 saturated heterocycles. The number of nitrogens with two attached hydrogens (primary N) is 1. The van der Waals surface area contributed by atoms with Crippen LogP contribution in [0.25, 0.3) is 0 Å². The zero-order valence-corrected chi connectivity index (χ0v) is 9.77. The Morgan fingerprint density at radius 2 is 2.14 bits per heavy atom. The van der Waals surface area contributed by atoms with E-state index in [0.717, 1.165) is 0 Å². The third-order valence-electron chi connectivity index (χ3n) is 1.60. The van der Waals surface area contributed by atoms with Crippen LogP contribution in [0.3, 0.4) is 0 Å². The first-order valence-electron chi connectivity index (χ1n) is 4.38. The van der Waals surface area contributed by atoms with E-state index in [1.54, 1.807) is 0 Å². The minimum atomic E-state index is -0.369. The molecular formula is C10H13BrFNO. The van der Waals surface area contributed by atoms with Gasteiger partial charge in [0.25, 0.3) is 0 Å². The van der Waals surface area contributed by atoms with Gasteiger partial charge in [0.15, 0.2) is 5.75 Å². The predicted octanol–water partition coefficient (Wildman–Crippen LogP) is 3.21. The van der Waals surface area contributed by atoms with Crippen LogP contribution >= 0.6 is 15.9 Å². The molecule has 2 N–H and O–H groups in total. The minimum absolute atomic E-state index is 0.317. The van der Waals surface area contributed by atoms with Gasteiger partial charge in [-0.2, -0.15) is 0 Å². The number of hydrogen-bond acceptors (Lipinski definition) is 2. The summed E-state index contributed by atoms with van der Waals surface area (Å²) in [5, 5.41) is 0. The van der Waals surface area contributed by atoms with Crippen LogP contribution in [0.4, 0.5) is 10.1 Å². The molecule has 0 bridgehead atoms. The normalized spacial score (nSPS) is 10.6. The summed E-state index contributed by atoms with van der Waals surface area (Å²) in [7, 11) is 0. The molecule has 0 unspecified atom stereocenters. The summed E-state index contributed by atoms with van der Waals surface area (Å²) in [5.74, 6) is 0.553. The Kier molecular flexibility index (Phi) is 3.75. The van der Waals surface area contributed by atoms with Gasteiger partial charge in [0.05, 0.1) is 16.8 Å². The predicted molar refractivity (Wildman–Crippen MR) is 58.8 cm³/mol. The summed E-state index contributed by atoms with van der Waals surface area (Å²) >= 11 is 3.20. The molecule has 1 aromatic rings. The highest BCUT2D eigenvalue weighted by Gasteiger charge is 2.08. The maximum Gasteiger partial charge on any atom is 0.156 e. The number of ether oxygens (including phenoxy) is 1. The monoisotopic (exact) mass is 261 g/mol. The van der Waals surface area contributed by atoms with E-state index < -0.39 is 0 Å². The third kappa shape index (κ3) is 2.87. The zero-order chi connectivity index (χ0) is 10.7. The van der Waals surface area contributed by atoms with Gasteiger partial charge in [-0.25, -0.2) is 4.39 Å². The van der Waals surface area contributed by atoms with Crippen molar-refractivity contribution in [3.8, 4) is 5.75 Å². The molecule has 1 aromatic carbocycles. The Bertz CT molecular complexity index is 305. The van der Waals surface area contributed by atoms with Gasteiger partial charge in [-0.15, -0.1) is 0 Å². The highest BCUT2D eigenvalue weighted by atomic mass is 79.9. The van der Waals surface area contributed by atoms with Crippen molar-refractivity contribution in [3.05, 3.63) is 22.4 Å². The van der Waals surface area contributed by atoms with E-state index in [1.807, 2.05) is 13.8 Å². The number of rotatable bonds is 3. The Hall–Kier alpha value is -0.770. The zero-order valence-electron chi connectivity index (χ0n) is 8.18. The van der Waals surface area contributed by atoms with Crippen molar-refractivity contribution in [3.63, 3.8) is 0 Å². The fourth-order valence-corrected chi connectivity index (χ4v) is 1.54. The van der Waals surface area contributed by atoms with Gasteiger partial charge in [-0.1, -0.05) is 13.8 Å². The van der Waals surface area contributed by atoms with Gasteiger partial charge in [0.2, 0.25) is 0 Å². The molecule has 1 rings (SSSR count). The number of hydrogen-bond donors (Lipinski definition) is 1. The first-order chi connectivity index (χ1) is 6.50. The summed E-state index contributed by atoms with van der Waals surface area (Å²) in [6, 6.07) is 2.59. The van der Waals surface area contributed by atoms with Crippen molar-refractivity contribution in [2.45, 2.75) is 13.8 Å². The van der Waals surface area contributed by atoms with Crippen LogP contribution in [0, 0.1) is 11.7 Å². The van der Waals surface area contributed by atoms with Crippen molar-refractivity contribution in [2.24, 2.45) is 5.92 Å². The molecule has 0 aliphatic rings. The highest BCUT2D eigenvalue weighted by Crippen LogP contribution is 2.32. The second-order valence-electron chi connectivity index (χ2n) is 3.51. The topological polar surface area (TPSA) is 35.2 Å². The van der Waals surface area contributed by atoms with E-state index in [2.05, 4.69) is 15.9 Å². The van der Waals surface area contributed by atoms with Crippen molar-refractivity contribution < 1.29 is 9.13 Å². The molecule has 0 aromatic heterocycles. The van der Waals surface area contributed by atoms with Gasteiger partial charge >= 0.3 is 0 Å². The second-order valence-corrected chi connectivity index (χ2v) is 4.37. The maximum atomic E-state index is 12.8. The highest BCUT2D eigenvalue weighted by molar-refractivity contribution is 9.10. The summed E-state index contributed by atoms with van der Waals surface area (Å²) in [6.45, 7) is 4.63. The van der Waals surface area contributed by atoms with Crippen molar-refractivity contribution in [1.29, 1.82) is 0 Å². The lowest BCUT2D eigenvalue weighted by molar-refractivity contribution is 0.270. The molecule has 0 aliphatic carbocycles. The first-order valence-corrected chi connectivity index (χ1v) is 5.17. The van der Waals surface area contributed by atoms with E-state index in [-0.39, 0.29) is 5.82 Å². The molecule has 2 nitrogen and oxygen atoms in total. The lowest BCUT2D eigenvalue weighted by atomic mass is 10.2. The average Bonchev–Trinajstić information content (AvgIpc) is 2.01. The Labute approximate surface area is 91.4 Å². The van der Waals surface area contributed by atoms with Crippen molar-refractivity contribution in [1.82, 2.24) is 0 Å². The summed E-state index contributed by atoms with van der Waals surface area (Å²) in [4.78, 5) is 0. The molecule has 0 heterocycles. The van der Waals surface area contributed by atoms with Gasteiger partial charge < -0.3 is 10.5 Å². The van der Waals surface area contributed by atoms with Crippen LogP contribution in [0.2, 0.25) is 0 Å². The van der Waals surface area contributed by atoms with Crippen LogP contribution in [0.1, 0.15) is 13.8 Å². The number of halogens is 2.